The van der Waals surface area contributed by atoms with Gasteiger partial charge in [-0.2, -0.15) is 0 Å². The summed E-state index contributed by atoms with van der Waals surface area (Å²) in [6.07, 6.45) is 1.92. The van der Waals surface area contributed by atoms with Crippen LogP contribution in [-0.2, 0) is 4.79 Å². The van der Waals surface area contributed by atoms with Gasteiger partial charge in [-0.25, -0.2) is 0 Å². The lowest BCUT2D eigenvalue weighted by Crippen LogP contribution is -2.57. The summed E-state index contributed by atoms with van der Waals surface area (Å²) >= 11 is 0. The van der Waals surface area contributed by atoms with Crippen molar-refractivity contribution in [3.8, 4) is 11.5 Å². The van der Waals surface area contributed by atoms with E-state index in [0.29, 0.717) is 23.1 Å². The normalized spacial score (nSPS) is 24.1. The summed E-state index contributed by atoms with van der Waals surface area (Å²) in [6.45, 7) is 6.03. The van der Waals surface area contributed by atoms with Crippen molar-refractivity contribution in [1.82, 2.24) is 10.2 Å². The van der Waals surface area contributed by atoms with Crippen molar-refractivity contribution in [3.05, 3.63) is 29.3 Å². The van der Waals surface area contributed by atoms with Crippen LogP contribution >= 0.6 is 0 Å². The van der Waals surface area contributed by atoms with Crippen molar-refractivity contribution in [1.29, 1.82) is 0 Å². The number of hydrogen-bond donors (Lipinski definition) is 1. The number of para-hydroxylation sites is 1. The topological polar surface area (TPSA) is 50.8 Å². The number of ether oxygens (including phenoxy) is 2. The van der Waals surface area contributed by atoms with Gasteiger partial charge in [0.05, 0.1) is 12.7 Å². The molecule has 3 rings (SSSR count). The first kappa shape index (κ1) is 14.9. The highest BCUT2D eigenvalue weighted by atomic mass is 16.5. The van der Waals surface area contributed by atoms with E-state index in [9.17, 15) is 4.79 Å². The van der Waals surface area contributed by atoms with Crippen LogP contribution in [0.3, 0.4) is 0 Å². The van der Waals surface area contributed by atoms with E-state index in [-0.39, 0.29) is 18.6 Å². The second-order valence-electron chi connectivity index (χ2n) is 5.82. The highest BCUT2D eigenvalue weighted by molar-refractivity contribution is 5.99. The van der Waals surface area contributed by atoms with Crippen LogP contribution in [-0.4, -0.2) is 49.7 Å². The molecule has 5 heteroatoms. The molecule has 2 atom stereocenters. The molecule has 2 unspecified atom stereocenters. The Morgan fingerprint density at radius 2 is 2.23 bits per heavy atom. The Balaban J connectivity index is 1.86. The molecule has 0 bridgehead atoms. The average Bonchev–Trinajstić information content (AvgIpc) is 2.55. The molecule has 0 aliphatic carbocycles. The molecule has 1 aromatic carbocycles. The highest BCUT2D eigenvalue weighted by Crippen LogP contribution is 2.35. The maximum Gasteiger partial charge on any atom is 0.253 e. The Hall–Kier alpha value is -2.01. The summed E-state index contributed by atoms with van der Waals surface area (Å²) in [5.41, 5.74) is 1.59. The summed E-state index contributed by atoms with van der Waals surface area (Å²) in [6, 6.07) is 6.18. The fraction of sp³-hybridized carbons (Fsp3) is 0.471. The maximum absolute atomic E-state index is 12.8. The first-order valence-corrected chi connectivity index (χ1v) is 7.66. The molecule has 118 valence electrons. The minimum Gasteiger partial charge on any atom is -0.493 e. The van der Waals surface area contributed by atoms with E-state index in [0.717, 1.165) is 18.7 Å². The van der Waals surface area contributed by atoms with Gasteiger partial charge in [0.2, 0.25) is 0 Å². The Bertz CT molecular complexity index is 612. The third kappa shape index (κ3) is 2.57. The van der Waals surface area contributed by atoms with Crippen LogP contribution in [0.2, 0.25) is 0 Å². The van der Waals surface area contributed by atoms with Crippen molar-refractivity contribution in [2.75, 3.05) is 26.8 Å². The number of piperazine rings is 1. The molecule has 1 amide bonds. The number of methoxy groups -OCH3 is 1. The zero-order chi connectivity index (χ0) is 15.7. The van der Waals surface area contributed by atoms with E-state index in [1.54, 1.807) is 7.11 Å². The van der Waals surface area contributed by atoms with Gasteiger partial charge in [0.15, 0.2) is 11.5 Å². The van der Waals surface area contributed by atoms with E-state index in [2.05, 4.69) is 19.2 Å². The molecule has 1 saturated heterocycles. The first-order chi connectivity index (χ1) is 10.6. The van der Waals surface area contributed by atoms with Gasteiger partial charge in [-0.15, -0.1) is 0 Å². The van der Waals surface area contributed by atoms with Crippen LogP contribution in [0.25, 0.3) is 6.08 Å². The molecule has 2 aliphatic rings. The van der Waals surface area contributed by atoms with Crippen LogP contribution in [0.1, 0.15) is 19.4 Å². The highest BCUT2D eigenvalue weighted by Gasteiger charge is 2.31. The summed E-state index contributed by atoms with van der Waals surface area (Å²) in [7, 11) is 1.62. The Labute approximate surface area is 130 Å². The molecule has 22 heavy (non-hydrogen) atoms. The molecule has 2 heterocycles. The molecule has 0 aromatic heterocycles. The third-order valence-electron chi connectivity index (χ3n) is 4.50. The summed E-state index contributed by atoms with van der Waals surface area (Å²) in [5, 5.41) is 3.39. The van der Waals surface area contributed by atoms with Gasteiger partial charge in [0, 0.05) is 30.7 Å². The fourth-order valence-electron chi connectivity index (χ4n) is 2.99. The number of hydrogen-bond acceptors (Lipinski definition) is 4. The van der Waals surface area contributed by atoms with Crippen molar-refractivity contribution in [2.24, 2.45) is 0 Å². The van der Waals surface area contributed by atoms with Gasteiger partial charge in [-0.05, 0) is 26.0 Å². The maximum atomic E-state index is 12.8. The molecule has 1 N–H and O–H groups in total. The molecule has 1 aromatic rings. The summed E-state index contributed by atoms with van der Waals surface area (Å²) in [5.74, 6) is 1.47. The van der Waals surface area contributed by atoms with Crippen molar-refractivity contribution < 1.29 is 14.3 Å². The van der Waals surface area contributed by atoms with Crippen LogP contribution in [0.5, 0.6) is 11.5 Å². The number of rotatable bonds is 2. The van der Waals surface area contributed by atoms with Crippen LogP contribution in [0.15, 0.2) is 23.8 Å². The number of nitrogens with one attached hydrogen (secondary N) is 1. The van der Waals surface area contributed by atoms with E-state index in [1.807, 2.05) is 29.2 Å². The third-order valence-corrected chi connectivity index (χ3v) is 4.50. The molecule has 2 aliphatic heterocycles. The van der Waals surface area contributed by atoms with Crippen LogP contribution in [0.4, 0.5) is 0 Å². The van der Waals surface area contributed by atoms with Crippen molar-refractivity contribution in [3.63, 3.8) is 0 Å². The van der Waals surface area contributed by atoms with E-state index >= 15 is 0 Å². The van der Waals surface area contributed by atoms with E-state index in [1.165, 1.54) is 0 Å². The lowest BCUT2D eigenvalue weighted by Gasteiger charge is -2.39. The van der Waals surface area contributed by atoms with Gasteiger partial charge in [-0.3, -0.25) is 4.79 Å². The zero-order valence-corrected chi connectivity index (χ0v) is 13.3. The Morgan fingerprint density at radius 1 is 1.41 bits per heavy atom. The molecular formula is C17H22N2O3. The lowest BCUT2D eigenvalue weighted by molar-refractivity contribution is -0.131. The molecule has 0 saturated carbocycles. The number of fused-ring (bicyclic) bond motifs is 1. The second kappa shape index (κ2) is 6.01. The number of amides is 1. The first-order valence-electron chi connectivity index (χ1n) is 7.66. The van der Waals surface area contributed by atoms with Gasteiger partial charge >= 0.3 is 0 Å². The second-order valence-corrected chi connectivity index (χ2v) is 5.82. The minimum atomic E-state index is 0.0642. The zero-order valence-electron chi connectivity index (χ0n) is 13.3. The van der Waals surface area contributed by atoms with Crippen molar-refractivity contribution >= 4 is 12.0 Å². The molecule has 0 radical (unpaired) electrons. The molecule has 0 spiro atoms. The standard InChI is InChI=1S/C17H22N2O3/c1-11-12(2)19(8-7-18-11)17(20)14-9-13-5-4-6-15(21-3)16(13)22-10-14/h4-6,9,11-12,18H,7-8,10H2,1-3H3. The smallest absolute Gasteiger partial charge is 0.253 e. The Morgan fingerprint density at radius 3 is 3.00 bits per heavy atom. The van der Waals surface area contributed by atoms with Crippen LogP contribution in [0, 0.1) is 0 Å². The van der Waals surface area contributed by atoms with Gasteiger partial charge in [0.1, 0.15) is 6.61 Å². The number of nitrogens with zero attached hydrogens (tertiary/aromatic N) is 1. The van der Waals surface area contributed by atoms with Gasteiger partial charge in [-0.1, -0.05) is 12.1 Å². The number of carbonyl (C=O) groups excluding carboxylic acids is 1. The lowest BCUT2D eigenvalue weighted by atomic mass is 10.0. The minimum absolute atomic E-state index is 0.0642. The molecular weight excluding hydrogens is 280 g/mol. The largest absolute Gasteiger partial charge is 0.493 e. The van der Waals surface area contributed by atoms with E-state index < -0.39 is 0 Å². The number of carbonyl (C=O) groups is 1. The number of benzene rings is 1. The monoisotopic (exact) mass is 302 g/mol. The van der Waals surface area contributed by atoms with Crippen LogP contribution < -0.4 is 14.8 Å². The summed E-state index contributed by atoms with van der Waals surface area (Å²) in [4.78, 5) is 14.7. The van der Waals surface area contributed by atoms with Gasteiger partial charge < -0.3 is 19.7 Å². The van der Waals surface area contributed by atoms with E-state index in [4.69, 9.17) is 9.47 Å². The van der Waals surface area contributed by atoms with Gasteiger partial charge in [0.25, 0.3) is 5.91 Å². The SMILES string of the molecule is COc1cccc2c1OCC(C(=O)N1CCNC(C)C1C)=C2. The predicted octanol–water partition coefficient (Wildman–Crippen LogP) is 1.68. The predicted molar refractivity (Wildman–Crippen MR) is 85.1 cm³/mol. The summed E-state index contributed by atoms with van der Waals surface area (Å²) < 4.78 is 11.1. The fourth-order valence-corrected chi connectivity index (χ4v) is 2.99. The quantitative estimate of drug-likeness (QED) is 0.903. The Kier molecular flexibility index (Phi) is 4.07. The molecule has 5 nitrogen and oxygen atoms in total. The van der Waals surface area contributed by atoms with Crippen molar-refractivity contribution in [2.45, 2.75) is 25.9 Å². The molecule has 1 fully saturated rings. The average molecular weight is 302 g/mol.